The highest BCUT2D eigenvalue weighted by Crippen LogP contribution is 2.35. The van der Waals surface area contributed by atoms with Crippen LogP contribution in [-0.2, 0) is 10.3 Å². The standard InChI is InChI=1S/C25H31F5O/c1-4-6-7-8-9-10-11-16-25(3,31-5-2)18-14-12-17(13-15-18)19-20(26)22(28)24(30)23(29)21(19)27/h12-15H,4-11,16H2,1-3H3. The first-order chi connectivity index (χ1) is 14.8. The third kappa shape index (κ3) is 6.06. The summed E-state index contributed by atoms with van der Waals surface area (Å²) in [4.78, 5) is 0. The third-order valence-electron chi connectivity index (χ3n) is 5.71. The van der Waals surface area contributed by atoms with E-state index in [4.69, 9.17) is 4.74 Å². The maximum absolute atomic E-state index is 14.1. The van der Waals surface area contributed by atoms with E-state index in [0.29, 0.717) is 6.61 Å². The molecule has 0 radical (unpaired) electrons. The number of ether oxygens (including phenoxy) is 1. The molecule has 0 aliphatic carbocycles. The first-order valence-electron chi connectivity index (χ1n) is 11.0. The van der Waals surface area contributed by atoms with Gasteiger partial charge in [-0.05, 0) is 31.4 Å². The van der Waals surface area contributed by atoms with E-state index >= 15 is 0 Å². The quantitative estimate of drug-likeness (QED) is 0.139. The summed E-state index contributed by atoms with van der Waals surface area (Å²) >= 11 is 0. The Morgan fingerprint density at radius 2 is 1.16 bits per heavy atom. The molecule has 0 N–H and O–H groups in total. The van der Waals surface area contributed by atoms with E-state index in [-0.39, 0.29) is 5.56 Å². The lowest BCUT2D eigenvalue weighted by Gasteiger charge is -2.30. The Balaban J connectivity index is 2.18. The van der Waals surface area contributed by atoms with E-state index < -0.39 is 40.3 Å². The van der Waals surface area contributed by atoms with Crippen molar-refractivity contribution in [2.24, 2.45) is 0 Å². The van der Waals surface area contributed by atoms with E-state index in [2.05, 4.69) is 6.92 Å². The number of rotatable bonds is 12. The van der Waals surface area contributed by atoms with Crippen molar-refractivity contribution >= 4 is 0 Å². The highest BCUT2D eigenvalue weighted by molar-refractivity contribution is 5.65. The summed E-state index contributed by atoms with van der Waals surface area (Å²) in [7, 11) is 0. The van der Waals surface area contributed by atoms with Crippen molar-refractivity contribution in [1.82, 2.24) is 0 Å². The first-order valence-corrected chi connectivity index (χ1v) is 11.0. The average Bonchev–Trinajstić information content (AvgIpc) is 2.76. The summed E-state index contributed by atoms with van der Waals surface area (Å²) in [6, 6.07) is 6.00. The van der Waals surface area contributed by atoms with Crippen LogP contribution >= 0.6 is 0 Å². The topological polar surface area (TPSA) is 9.23 Å². The average molecular weight is 443 g/mol. The van der Waals surface area contributed by atoms with Crippen molar-refractivity contribution in [3.05, 3.63) is 58.9 Å². The summed E-state index contributed by atoms with van der Waals surface area (Å²) in [6.45, 7) is 6.53. The van der Waals surface area contributed by atoms with E-state index in [1.807, 2.05) is 13.8 Å². The second-order valence-electron chi connectivity index (χ2n) is 8.06. The third-order valence-corrected chi connectivity index (χ3v) is 5.71. The zero-order chi connectivity index (χ0) is 23.0. The number of unbranched alkanes of at least 4 members (excludes halogenated alkanes) is 6. The lowest BCUT2D eigenvalue weighted by Crippen LogP contribution is -2.26. The van der Waals surface area contributed by atoms with Crippen LogP contribution in [0.2, 0.25) is 0 Å². The van der Waals surface area contributed by atoms with Gasteiger partial charge in [-0.15, -0.1) is 0 Å². The highest BCUT2D eigenvalue weighted by Gasteiger charge is 2.29. The zero-order valence-electron chi connectivity index (χ0n) is 18.5. The molecule has 1 nitrogen and oxygen atoms in total. The minimum Gasteiger partial charge on any atom is -0.371 e. The molecule has 0 fully saturated rings. The maximum Gasteiger partial charge on any atom is 0.200 e. The molecule has 0 heterocycles. The molecule has 2 rings (SSSR count). The Labute approximate surface area is 181 Å². The number of hydrogen-bond donors (Lipinski definition) is 0. The number of hydrogen-bond acceptors (Lipinski definition) is 1. The molecule has 0 saturated heterocycles. The molecule has 0 bridgehead atoms. The predicted octanol–water partition coefficient (Wildman–Crippen LogP) is 8.44. The first kappa shape index (κ1) is 25.3. The van der Waals surface area contributed by atoms with Crippen LogP contribution in [-0.4, -0.2) is 6.61 Å². The molecule has 1 unspecified atom stereocenters. The molecule has 2 aromatic rings. The summed E-state index contributed by atoms with van der Waals surface area (Å²) in [5.74, 6) is -9.72. The molecule has 31 heavy (non-hydrogen) atoms. The zero-order valence-corrected chi connectivity index (χ0v) is 18.5. The van der Waals surface area contributed by atoms with Gasteiger partial charge >= 0.3 is 0 Å². The smallest absolute Gasteiger partial charge is 0.200 e. The lowest BCUT2D eigenvalue weighted by atomic mass is 9.88. The highest BCUT2D eigenvalue weighted by atomic mass is 19.2. The minimum atomic E-state index is -2.16. The Hall–Kier alpha value is -1.95. The number of benzene rings is 2. The van der Waals surface area contributed by atoms with Gasteiger partial charge in [-0.2, -0.15) is 0 Å². The van der Waals surface area contributed by atoms with Gasteiger partial charge in [0.25, 0.3) is 0 Å². The van der Waals surface area contributed by atoms with Crippen molar-refractivity contribution in [2.45, 2.75) is 77.7 Å². The van der Waals surface area contributed by atoms with Crippen LogP contribution in [0, 0.1) is 29.1 Å². The van der Waals surface area contributed by atoms with Crippen molar-refractivity contribution in [1.29, 1.82) is 0 Å². The van der Waals surface area contributed by atoms with Gasteiger partial charge < -0.3 is 4.74 Å². The Morgan fingerprint density at radius 3 is 1.68 bits per heavy atom. The lowest BCUT2D eigenvalue weighted by molar-refractivity contribution is -0.0376. The van der Waals surface area contributed by atoms with Crippen LogP contribution in [0.4, 0.5) is 22.0 Å². The van der Waals surface area contributed by atoms with Crippen molar-refractivity contribution in [3.63, 3.8) is 0 Å². The van der Waals surface area contributed by atoms with Gasteiger partial charge in [-0.25, -0.2) is 22.0 Å². The van der Waals surface area contributed by atoms with Gasteiger partial charge in [0.15, 0.2) is 23.3 Å². The fraction of sp³-hybridized carbons (Fsp3) is 0.520. The van der Waals surface area contributed by atoms with Crippen molar-refractivity contribution < 1.29 is 26.7 Å². The monoisotopic (exact) mass is 442 g/mol. The van der Waals surface area contributed by atoms with Crippen LogP contribution in [0.1, 0.15) is 77.7 Å². The van der Waals surface area contributed by atoms with Crippen LogP contribution in [0.25, 0.3) is 11.1 Å². The maximum atomic E-state index is 14.1. The predicted molar refractivity (Wildman–Crippen MR) is 113 cm³/mol. The van der Waals surface area contributed by atoms with E-state index in [0.717, 1.165) is 24.8 Å². The Kier molecular flexibility index (Phi) is 9.48. The van der Waals surface area contributed by atoms with E-state index in [1.54, 1.807) is 12.1 Å². The molecule has 0 aliphatic rings. The largest absolute Gasteiger partial charge is 0.371 e. The Bertz CT molecular complexity index is 821. The molecule has 0 saturated carbocycles. The van der Waals surface area contributed by atoms with Gasteiger partial charge in [0, 0.05) is 6.61 Å². The fourth-order valence-corrected chi connectivity index (χ4v) is 3.89. The molecule has 0 amide bonds. The Morgan fingerprint density at radius 1 is 0.677 bits per heavy atom. The van der Waals surface area contributed by atoms with Gasteiger partial charge in [0.05, 0.1) is 11.2 Å². The van der Waals surface area contributed by atoms with E-state index in [1.165, 1.54) is 44.2 Å². The molecule has 0 spiro atoms. The summed E-state index contributed by atoms with van der Waals surface area (Å²) in [6.07, 6.45) is 8.94. The summed E-state index contributed by atoms with van der Waals surface area (Å²) in [5.41, 5.74) is -0.792. The summed E-state index contributed by atoms with van der Waals surface area (Å²) in [5, 5.41) is 0. The van der Waals surface area contributed by atoms with Crippen LogP contribution in [0.3, 0.4) is 0 Å². The summed E-state index contributed by atoms with van der Waals surface area (Å²) < 4.78 is 74.6. The van der Waals surface area contributed by atoms with Crippen LogP contribution < -0.4 is 0 Å². The van der Waals surface area contributed by atoms with E-state index in [9.17, 15) is 22.0 Å². The van der Waals surface area contributed by atoms with Gasteiger partial charge in [-0.3, -0.25) is 0 Å². The SMILES string of the molecule is CCCCCCCCCC(C)(OCC)c1ccc(-c2c(F)c(F)c(F)c(F)c2F)cc1. The second-order valence-corrected chi connectivity index (χ2v) is 8.06. The molecular formula is C25H31F5O. The minimum absolute atomic E-state index is 0.0775. The molecule has 0 aliphatic heterocycles. The molecule has 6 heteroatoms. The van der Waals surface area contributed by atoms with Crippen LogP contribution in [0.5, 0.6) is 0 Å². The fourth-order valence-electron chi connectivity index (χ4n) is 3.89. The van der Waals surface area contributed by atoms with Gasteiger partial charge in [0.1, 0.15) is 0 Å². The molecule has 0 aromatic heterocycles. The molecule has 1 atom stereocenters. The van der Waals surface area contributed by atoms with Gasteiger partial charge in [-0.1, -0.05) is 76.1 Å². The molecule has 172 valence electrons. The van der Waals surface area contributed by atoms with Crippen molar-refractivity contribution in [3.8, 4) is 11.1 Å². The van der Waals surface area contributed by atoms with Gasteiger partial charge in [0.2, 0.25) is 5.82 Å². The molecule has 2 aromatic carbocycles. The second kappa shape index (κ2) is 11.6. The van der Waals surface area contributed by atoms with Crippen LogP contribution in [0.15, 0.2) is 24.3 Å². The van der Waals surface area contributed by atoms with Crippen molar-refractivity contribution in [2.75, 3.05) is 6.61 Å². The molecular weight excluding hydrogens is 411 g/mol. The number of halogens is 5. The normalized spacial score (nSPS) is 13.4.